The molecule has 3 aliphatic heterocycles. The summed E-state index contributed by atoms with van der Waals surface area (Å²) in [4.78, 5) is 36.3. The van der Waals surface area contributed by atoms with Crippen molar-refractivity contribution >= 4 is 29.5 Å². The number of aliphatic hydroxyl groups excluding tert-OH is 1. The van der Waals surface area contributed by atoms with Gasteiger partial charge in [0.2, 0.25) is 11.8 Å². The van der Waals surface area contributed by atoms with E-state index in [2.05, 4.69) is 5.32 Å². The van der Waals surface area contributed by atoms with E-state index in [-0.39, 0.29) is 80.3 Å². The summed E-state index contributed by atoms with van der Waals surface area (Å²) in [7, 11) is 0. The number of amides is 2. The first-order valence-corrected chi connectivity index (χ1v) is 9.01. The van der Waals surface area contributed by atoms with E-state index in [0.29, 0.717) is 17.9 Å². The Kier molecular flexibility index (Phi) is 7.53. The summed E-state index contributed by atoms with van der Waals surface area (Å²) in [5.41, 5.74) is 5.02. The van der Waals surface area contributed by atoms with E-state index in [9.17, 15) is 24.6 Å². The number of aliphatic hydroxyl groups is 1. The molecule has 0 saturated carbocycles. The minimum absolute atomic E-state index is 0. The Bertz CT molecular complexity index is 681. The molecular weight excluding hydrogens is 385 g/mol. The molecule has 3 aliphatic rings. The van der Waals surface area contributed by atoms with Crippen LogP contribution in [-0.2, 0) is 14.4 Å². The van der Waals surface area contributed by atoms with Crippen LogP contribution in [-0.4, -0.2) is 57.8 Å². The van der Waals surface area contributed by atoms with Crippen molar-refractivity contribution in [2.75, 3.05) is 6.54 Å². The van der Waals surface area contributed by atoms with E-state index in [1.54, 1.807) is 13.0 Å². The van der Waals surface area contributed by atoms with Crippen molar-refractivity contribution in [2.45, 2.75) is 43.2 Å². The third kappa shape index (κ3) is 4.27. The molecule has 5 atom stereocenters. The van der Waals surface area contributed by atoms with Crippen LogP contribution in [0.15, 0.2) is 22.8 Å². The molecule has 0 spiro atoms. The van der Waals surface area contributed by atoms with Crippen LogP contribution in [0.25, 0.3) is 0 Å². The fraction of sp³-hybridized carbons (Fsp3) is 0.562. The van der Waals surface area contributed by atoms with E-state index >= 15 is 0 Å². The second kappa shape index (κ2) is 8.87. The van der Waals surface area contributed by atoms with Crippen molar-refractivity contribution in [2.24, 2.45) is 11.7 Å². The number of fused-ring (bicyclic) bond motifs is 1. The van der Waals surface area contributed by atoms with Gasteiger partial charge in [0.05, 0.1) is 29.7 Å². The molecule has 8 nitrogen and oxygen atoms in total. The number of thioether (sulfide) groups is 1. The number of β-lactam (4-membered cyclic amide) rings is 1. The maximum Gasteiger partial charge on any atom is 1.00 e. The van der Waals surface area contributed by atoms with Crippen molar-refractivity contribution in [3.05, 3.63) is 22.8 Å². The maximum atomic E-state index is 12.1. The van der Waals surface area contributed by atoms with Gasteiger partial charge in [-0.3, -0.25) is 9.59 Å². The fourth-order valence-corrected chi connectivity index (χ4v) is 5.15. The molecule has 4 N–H and O–H groups in total. The summed E-state index contributed by atoms with van der Waals surface area (Å²) in [5, 5.41) is 24.6. The van der Waals surface area contributed by atoms with Crippen LogP contribution in [0.1, 0.15) is 19.8 Å². The number of carboxylic acids is 1. The molecule has 136 valence electrons. The Morgan fingerprint density at radius 3 is 2.77 bits per heavy atom. The van der Waals surface area contributed by atoms with Gasteiger partial charge in [-0.05, 0) is 13.3 Å². The number of carboxylic acid groups (broad SMARTS) is 1. The topological polar surface area (TPSA) is 136 Å². The third-order valence-corrected chi connectivity index (χ3v) is 6.14. The van der Waals surface area contributed by atoms with E-state index < -0.39 is 23.9 Å². The van der Waals surface area contributed by atoms with Gasteiger partial charge in [-0.25, -0.2) is 0 Å². The van der Waals surface area contributed by atoms with E-state index in [4.69, 9.17) is 5.73 Å². The van der Waals surface area contributed by atoms with Gasteiger partial charge in [-0.2, -0.15) is 0 Å². The van der Waals surface area contributed by atoms with Gasteiger partial charge in [-0.1, -0.05) is 6.08 Å². The summed E-state index contributed by atoms with van der Waals surface area (Å²) in [6.45, 7) is 2.20. The van der Waals surface area contributed by atoms with Crippen molar-refractivity contribution in [3.63, 3.8) is 0 Å². The van der Waals surface area contributed by atoms with Gasteiger partial charge in [-0.15, -0.1) is 11.8 Å². The third-order valence-electron chi connectivity index (χ3n) is 4.81. The van der Waals surface area contributed by atoms with E-state index in [1.165, 1.54) is 22.7 Å². The maximum absolute atomic E-state index is 12.1. The number of carbonyl (C=O) groups is 3. The predicted molar refractivity (Wildman–Crippen MR) is 88.6 cm³/mol. The molecule has 2 amide bonds. The molecule has 0 radical (unpaired) electrons. The standard InChI is InChI=1S/C16H21N3O5S.K/c1-7(20)13-10-5-11(14(16(23)24)19(10)15(13)22)25-9-4-8(18-6-9)2-3-12(17)21;/h2-3,7-10,13,18,20H,4-6H2,1H3,(H2,17,21)(H,23,24);/q;+1/p-1/b3-2+;/t7-,8-,9+,10-,13-;/m1./s1. The predicted octanol–water partition coefficient (Wildman–Crippen LogP) is -4.93. The van der Waals surface area contributed by atoms with Crippen LogP contribution in [0.2, 0.25) is 0 Å². The molecule has 0 aromatic heterocycles. The molecule has 2 saturated heterocycles. The first-order valence-electron chi connectivity index (χ1n) is 8.13. The Morgan fingerprint density at radius 2 is 2.19 bits per heavy atom. The van der Waals surface area contributed by atoms with E-state index in [0.717, 1.165) is 6.42 Å². The minimum Gasteiger partial charge on any atom is -0.543 e. The average Bonchev–Trinajstić information content (AvgIpc) is 3.08. The molecule has 0 aromatic rings. The molecule has 3 rings (SSSR count). The van der Waals surface area contributed by atoms with Crippen molar-refractivity contribution < 1.29 is 76.0 Å². The number of carbonyl (C=O) groups excluding carboxylic acids is 3. The van der Waals surface area contributed by atoms with Gasteiger partial charge >= 0.3 is 51.4 Å². The quantitative estimate of drug-likeness (QED) is 0.229. The molecule has 3 heterocycles. The molecule has 2 fully saturated rings. The van der Waals surface area contributed by atoms with Crippen molar-refractivity contribution in [3.8, 4) is 0 Å². The molecule has 0 unspecified atom stereocenters. The monoisotopic (exact) mass is 405 g/mol. The number of rotatable bonds is 6. The minimum atomic E-state index is -1.36. The molecule has 0 bridgehead atoms. The van der Waals surface area contributed by atoms with Crippen molar-refractivity contribution in [1.29, 1.82) is 0 Å². The number of primary amides is 1. The fourth-order valence-electron chi connectivity index (χ4n) is 3.71. The number of aliphatic carboxylic acids is 1. The summed E-state index contributed by atoms with van der Waals surface area (Å²) in [5.74, 6) is -2.79. The van der Waals surface area contributed by atoms with Crippen LogP contribution in [0.3, 0.4) is 0 Å². The average molecular weight is 406 g/mol. The summed E-state index contributed by atoms with van der Waals surface area (Å²) in [6, 6.07) is -0.301. The zero-order chi connectivity index (χ0) is 18.3. The summed E-state index contributed by atoms with van der Waals surface area (Å²) >= 11 is 1.42. The second-order valence-corrected chi connectivity index (χ2v) is 7.95. The molecule has 0 aromatic carbocycles. The Hall–Kier alpha value is -0.204. The zero-order valence-electron chi connectivity index (χ0n) is 14.7. The smallest absolute Gasteiger partial charge is 0.543 e. The van der Waals surface area contributed by atoms with Crippen LogP contribution in [0.5, 0.6) is 0 Å². The number of hydrogen-bond acceptors (Lipinski definition) is 7. The van der Waals surface area contributed by atoms with Gasteiger partial charge in [0.1, 0.15) is 0 Å². The van der Waals surface area contributed by atoms with Crippen molar-refractivity contribution in [1.82, 2.24) is 10.2 Å². The number of hydrogen-bond donors (Lipinski definition) is 3. The normalized spacial score (nSPS) is 31.6. The number of nitrogens with one attached hydrogen (secondary N) is 1. The van der Waals surface area contributed by atoms with Crippen LogP contribution >= 0.6 is 11.8 Å². The van der Waals surface area contributed by atoms with Gasteiger partial charge in [0, 0.05) is 35.2 Å². The van der Waals surface area contributed by atoms with E-state index in [1.807, 2.05) is 0 Å². The molecule has 26 heavy (non-hydrogen) atoms. The van der Waals surface area contributed by atoms with Crippen LogP contribution in [0.4, 0.5) is 0 Å². The number of nitrogens with zero attached hydrogens (tertiary/aromatic N) is 1. The SMILES string of the molecule is C[C@@H](O)[C@H]1C(=O)N2C(C(=O)[O-])=C(S[C@@H]3CN[C@H](/C=C/C(N)=O)C3)C[C@H]12.[K+]. The second-order valence-electron chi connectivity index (χ2n) is 6.56. The first-order chi connectivity index (χ1) is 11.8. The van der Waals surface area contributed by atoms with Crippen LogP contribution < -0.4 is 67.5 Å². The zero-order valence-corrected chi connectivity index (χ0v) is 18.6. The largest absolute Gasteiger partial charge is 1.00 e. The Balaban J connectivity index is 0.00000243. The van der Waals surface area contributed by atoms with Gasteiger partial charge in [0.25, 0.3) is 0 Å². The summed E-state index contributed by atoms with van der Waals surface area (Å²) in [6.07, 6.45) is 3.35. The van der Waals surface area contributed by atoms with Crippen LogP contribution in [0, 0.1) is 5.92 Å². The molecule has 0 aliphatic carbocycles. The summed E-state index contributed by atoms with van der Waals surface area (Å²) < 4.78 is 0. The Morgan fingerprint density at radius 1 is 1.50 bits per heavy atom. The van der Waals surface area contributed by atoms with Gasteiger partial charge < -0.3 is 31.0 Å². The number of nitrogens with two attached hydrogens (primary N) is 1. The molecular formula is C16H20KN3O5S. The molecule has 10 heteroatoms. The Labute approximate surface area is 198 Å². The first kappa shape index (κ1) is 22.1. The van der Waals surface area contributed by atoms with Gasteiger partial charge in [0.15, 0.2) is 0 Å².